The van der Waals surface area contributed by atoms with Crippen LogP contribution < -0.4 is 5.32 Å². The summed E-state index contributed by atoms with van der Waals surface area (Å²) in [5.41, 5.74) is 3.14. The molecule has 0 unspecified atom stereocenters. The van der Waals surface area contributed by atoms with Gasteiger partial charge in [-0.1, -0.05) is 91.0 Å². The summed E-state index contributed by atoms with van der Waals surface area (Å²) in [5, 5.41) is 2.86. The lowest BCUT2D eigenvalue weighted by Crippen LogP contribution is -2.34. The topological polar surface area (TPSA) is 49.4 Å². The Hall–Kier alpha value is -3.40. The van der Waals surface area contributed by atoms with E-state index in [9.17, 15) is 9.59 Å². The Labute approximate surface area is 172 Å². The zero-order valence-corrected chi connectivity index (χ0v) is 16.5. The first-order valence-corrected chi connectivity index (χ1v) is 9.87. The molecule has 0 saturated heterocycles. The van der Waals surface area contributed by atoms with E-state index in [1.807, 2.05) is 95.9 Å². The van der Waals surface area contributed by atoms with E-state index >= 15 is 0 Å². The van der Waals surface area contributed by atoms with Crippen LogP contribution in [0.25, 0.3) is 0 Å². The Bertz CT molecular complexity index is 854. The molecule has 0 bridgehead atoms. The first-order chi connectivity index (χ1) is 14.2. The Balaban J connectivity index is 1.55. The van der Waals surface area contributed by atoms with Crippen molar-refractivity contribution in [1.82, 2.24) is 10.2 Å². The summed E-state index contributed by atoms with van der Waals surface area (Å²) in [6.45, 7) is 1.43. The van der Waals surface area contributed by atoms with E-state index in [2.05, 4.69) is 5.32 Å². The highest BCUT2D eigenvalue weighted by molar-refractivity contribution is 5.80. The molecule has 3 aromatic rings. The molecule has 0 heterocycles. The Morgan fingerprint density at radius 2 is 1.10 bits per heavy atom. The van der Waals surface area contributed by atoms with Crippen LogP contribution in [-0.4, -0.2) is 23.3 Å². The van der Waals surface area contributed by atoms with E-state index in [0.717, 1.165) is 16.7 Å². The maximum atomic E-state index is 12.9. The van der Waals surface area contributed by atoms with Crippen LogP contribution in [0.5, 0.6) is 0 Å². The zero-order valence-electron chi connectivity index (χ0n) is 16.5. The van der Waals surface area contributed by atoms with Crippen molar-refractivity contribution in [3.8, 4) is 0 Å². The number of carbonyl (C=O) groups excluding carboxylic acids is 2. The van der Waals surface area contributed by atoms with Crippen molar-refractivity contribution in [2.75, 3.05) is 6.54 Å². The van der Waals surface area contributed by atoms with E-state index in [0.29, 0.717) is 26.1 Å². The third-order valence-electron chi connectivity index (χ3n) is 4.65. The molecule has 3 aromatic carbocycles. The lowest BCUT2D eigenvalue weighted by atomic mass is 10.1. The normalized spacial score (nSPS) is 10.3. The zero-order chi connectivity index (χ0) is 20.3. The van der Waals surface area contributed by atoms with E-state index in [1.54, 1.807) is 0 Å². The van der Waals surface area contributed by atoms with Crippen molar-refractivity contribution in [1.29, 1.82) is 0 Å². The van der Waals surface area contributed by atoms with Crippen LogP contribution in [0, 0.1) is 0 Å². The van der Waals surface area contributed by atoms with Crippen molar-refractivity contribution in [2.45, 2.75) is 25.9 Å². The SMILES string of the molecule is O=C(Cc1ccccc1)NCCC(=O)N(Cc1ccccc1)Cc1ccccc1. The van der Waals surface area contributed by atoms with Crippen LogP contribution in [0.4, 0.5) is 0 Å². The molecule has 0 aliphatic heterocycles. The van der Waals surface area contributed by atoms with Gasteiger partial charge in [-0.2, -0.15) is 0 Å². The van der Waals surface area contributed by atoms with Gasteiger partial charge in [0, 0.05) is 26.1 Å². The van der Waals surface area contributed by atoms with Gasteiger partial charge in [-0.05, 0) is 16.7 Å². The maximum absolute atomic E-state index is 12.9. The molecule has 0 fully saturated rings. The highest BCUT2D eigenvalue weighted by Gasteiger charge is 2.15. The number of benzene rings is 3. The molecule has 0 radical (unpaired) electrons. The average Bonchev–Trinajstić information content (AvgIpc) is 2.75. The smallest absolute Gasteiger partial charge is 0.224 e. The Kier molecular flexibility index (Phi) is 7.58. The molecule has 148 valence electrons. The van der Waals surface area contributed by atoms with Crippen molar-refractivity contribution in [2.24, 2.45) is 0 Å². The highest BCUT2D eigenvalue weighted by Crippen LogP contribution is 2.11. The number of nitrogens with one attached hydrogen (secondary N) is 1. The van der Waals surface area contributed by atoms with E-state index in [4.69, 9.17) is 0 Å². The average molecular weight is 386 g/mol. The van der Waals surface area contributed by atoms with Gasteiger partial charge >= 0.3 is 0 Å². The Morgan fingerprint density at radius 1 is 0.655 bits per heavy atom. The van der Waals surface area contributed by atoms with Crippen molar-refractivity contribution < 1.29 is 9.59 Å². The lowest BCUT2D eigenvalue weighted by molar-refractivity contribution is -0.132. The van der Waals surface area contributed by atoms with Crippen molar-refractivity contribution >= 4 is 11.8 Å². The van der Waals surface area contributed by atoms with E-state index in [-0.39, 0.29) is 18.2 Å². The number of amides is 2. The summed E-state index contributed by atoms with van der Waals surface area (Å²) in [4.78, 5) is 26.8. The fraction of sp³-hybridized carbons (Fsp3) is 0.200. The summed E-state index contributed by atoms with van der Waals surface area (Å²) in [6, 6.07) is 29.5. The summed E-state index contributed by atoms with van der Waals surface area (Å²) in [6.07, 6.45) is 0.604. The number of hydrogen-bond acceptors (Lipinski definition) is 2. The lowest BCUT2D eigenvalue weighted by Gasteiger charge is -2.23. The van der Waals surface area contributed by atoms with Gasteiger partial charge in [0.1, 0.15) is 0 Å². The second-order valence-electron chi connectivity index (χ2n) is 6.98. The summed E-state index contributed by atoms with van der Waals surface area (Å²) < 4.78 is 0. The van der Waals surface area contributed by atoms with Crippen molar-refractivity contribution in [3.05, 3.63) is 108 Å². The molecule has 3 rings (SSSR count). The molecular formula is C25H26N2O2. The van der Waals surface area contributed by atoms with Crippen LogP contribution in [0.1, 0.15) is 23.1 Å². The van der Waals surface area contributed by atoms with Gasteiger partial charge < -0.3 is 10.2 Å². The van der Waals surface area contributed by atoms with E-state index < -0.39 is 0 Å². The summed E-state index contributed by atoms with van der Waals surface area (Å²) in [7, 11) is 0. The molecule has 0 aliphatic rings. The quantitative estimate of drug-likeness (QED) is 0.605. The number of carbonyl (C=O) groups is 2. The third-order valence-corrected chi connectivity index (χ3v) is 4.65. The second-order valence-corrected chi connectivity index (χ2v) is 6.98. The van der Waals surface area contributed by atoms with Crippen molar-refractivity contribution in [3.63, 3.8) is 0 Å². The van der Waals surface area contributed by atoms with E-state index in [1.165, 1.54) is 0 Å². The third kappa shape index (κ3) is 6.92. The van der Waals surface area contributed by atoms with Gasteiger partial charge in [-0.25, -0.2) is 0 Å². The van der Waals surface area contributed by atoms with Gasteiger partial charge in [-0.15, -0.1) is 0 Å². The molecule has 4 nitrogen and oxygen atoms in total. The highest BCUT2D eigenvalue weighted by atomic mass is 16.2. The summed E-state index contributed by atoms with van der Waals surface area (Å²) in [5.74, 6) is -0.0422. The second kappa shape index (κ2) is 10.8. The minimum Gasteiger partial charge on any atom is -0.355 e. The van der Waals surface area contributed by atoms with Crippen LogP contribution in [0.15, 0.2) is 91.0 Å². The number of nitrogens with zero attached hydrogens (tertiary/aromatic N) is 1. The first kappa shape index (κ1) is 20.3. The number of hydrogen-bond donors (Lipinski definition) is 1. The molecule has 0 saturated carbocycles. The largest absolute Gasteiger partial charge is 0.355 e. The first-order valence-electron chi connectivity index (χ1n) is 9.87. The van der Waals surface area contributed by atoms with Crippen LogP contribution in [-0.2, 0) is 29.1 Å². The molecule has 29 heavy (non-hydrogen) atoms. The predicted molar refractivity (Wildman–Crippen MR) is 115 cm³/mol. The van der Waals surface area contributed by atoms with Gasteiger partial charge in [0.05, 0.1) is 6.42 Å². The molecule has 2 amide bonds. The van der Waals surface area contributed by atoms with Crippen LogP contribution >= 0.6 is 0 Å². The van der Waals surface area contributed by atoms with Crippen LogP contribution in [0.2, 0.25) is 0 Å². The van der Waals surface area contributed by atoms with Crippen LogP contribution in [0.3, 0.4) is 0 Å². The molecule has 4 heteroatoms. The molecule has 0 spiro atoms. The van der Waals surface area contributed by atoms with Gasteiger partial charge in [0.25, 0.3) is 0 Å². The fourth-order valence-electron chi connectivity index (χ4n) is 3.15. The molecule has 1 N–H and O–H groups in total. The minimum atomic E-state index is -0.0679. The predicted octanol–water partition coefficient (Wildman–Crippen LogP) is 3.96. The molecule has 0 aromatic heterocycles. The molecule has 0 aliphatic carbocycles. The molecular weight excluding hydrogens is 360 g/mol. The minimum absolute atomic E-state index is 0.0257. The standard InChI is InChI=1S/C25H26N2O2/c28-24(18-21-10-4-1-5-11-21)26-17-16-25(29)27(19-22-12-6-2-7-13-22)20-23-14-8-3-9-15-23/h1-15H,16-20H2,(H,26,28). The molecule has 0 atom stereocenters. The maximum Gasteiger partial charge on any atom is 0.224 e. The Morgan fingerprint density at radius 3 is 1.59 bits per heavy atom. The van der Waals surface area contributed by atoms with Gasteiger partial charge in [-0.3, -0.25) is 9.59 Å². The van der Waals surface area contributed by atoms with Gasteiger partial charge in [0.2, 0.25) is 11.8 Å². The number of rotatable bonds is 9. The summed E-state index contributed by atoms with van der Waals surface area (Å²) >= 11 is 0. The monoisotopic (exact) mass is 386 g/mol. The van der Waals surface area contributed by atoms with Gasteiger partial charge in [0.15, 0.2) is 0 Å². The fourth-order valence-corrected chi connectivity index (χ4v) is 3.15.